The van der Waals surface area contributed by atoms with Gasteiger partial charge in [-0.3, -0.25) is 0 Å². The summed E-state index contributed by atoms with van der Waals surface area (Å²) in [6, 6.07) is 0. The van der Waals surface area contributed by atoms with Crippen LogP contribution in [0.3, 0.4) is 0 Å². The molecule has 0 nitrogen and oxygen atoms in total. The molecule has 0 N–H and O–H groups in total. The molecular formula is C15H22BCl2-. The van der Waals surface area contributed by atoms with Crippen molar-refractivity contribution in [3.63, 3.8) is 0 Å². The molecule has 0 radical (unpaired) electrons. The number of rotatable bonds is 3. The Bertz CT molecular complexity index is 356. The van der Waals surface area contributed by atoms with Gasteiger partial charge >= 0.3 is 0 Å². The molecule has 2 saturated carbocycles. The molecule has 0 amide bonds. The van der Waals surface area contributed by atoms with Crippen LogP contribution in [-0.2, 0) is 0 Å². The van der Waals surface area contributed by atoms with Gasteiger partial charge in [0.2, 0.25) is 0 Å². The average molecular weight is 284 g/mol. The molecule has 3 aliphatic carbocycles. The average Bonchev–Trinajstić information content (AvgIpc) is 2.99. The number of fused-ring (bicyclic) bond motifs is 1. The summed E-state index contributed by atoms with van der Waals surface area (Å²) in [5.41, 5.74) is 0. The third-order valence-corrected chi connectivity index (χ3v) is 6.49. The first-order chi connectivity index (χ1) is 8.67. The van der Waals surface area contributed by atoms with Crippen molar-refractivity contribution < 1.29 is 0 Å². The molecule has 18 heavy (non-hydrogen) atoms. The lowest BCUT2D eigenvalue weighted by Crippen LogP contribution is -2.30. The van der Waals surface area contributed by atoms with Crippen LogP contribution in [0, 0.1) is 17.8 Å². The van der Waals surface area contributed by atoms with Crippen LogP contribution in [0.1, 0.15) is 38.5 Å². The predicted octanol–water partition coefficient (Wildman–Crippen LogP) is 5.62. The largest absolute Gasteiger partial charge is 0.368 e. The van der Waals surface area contributed by atoms with Gasteiger partial charge in [0.1, 0.15) is 0 Å². The van der Waals surface area contributed by atoms with Gasteiger partial charge in [-0.25, -0.2) is 0 Å². The normalized spacial score (nSPS) is 36.2. The van der Waals surface area contributed by atoms with Crippen LogP contribution in [0.2, 0.25) is 12.1 Å². The zero-order valence-corrected chi connectivity index (χ0v) is 12.4. The van der Waals surface area contributed by atoms with E-state index in [1.54, 1.807) is 0 Å². The van der Waals surface area contributed by atoms with Crippen LogP contribution in [-0.4, -0.2) is 4.98 Å². The predicted molar refractivity (Wildman–Crippen MR) is 82.5 cm³/mol. The maximum atomic E-state index is 6.74. The fourth-order valence-corrected chi connectivity index (χ4v) is 5.34. The van der Waals surface area contributed by atoms with Crippen molar-refractivity contribution in [1.82, 2.24) is 0 Å². The first kappa shape index (κ1) is 13.1. The molecule has 100 valence electrons. The Morgan fingerprint density at radius 1 is 0.944 bits per heavy atom. The third kappa shape index (κ3) is 2.54. The second-order valence-electron chi connectivity index (χ2n) is 6.51. The maximum absolute atomic E-state index is 6.74. The highest BCUT2D eigenvalue weighted by Gasteiger charge is 2.39. The molecule has 0 aromatic heterocycles. The van der Waals surface area contributed by atoms with Crippen LogP contribution in [0.25, 0.3) is 0 Å². The Morgan fingerprint density at radius 3 is 2.44 bits per heavy atom. The van der Waals surface area contributed by atoms with Crippen LogP contribution in [0.15, 0.2) is 24.3 Å². The fraction of sp³-hybridized carbons (Fsp3) is 0.733. The van der Waals surface area contributed by atoms with Gasteiger partial charge < -0.3 is 22.9 Å². The number of hydrogen-bond acceptors (Lipinski definition) is 0. The minimum absolute atomic E-state index is 0.593. The molecule has 0 aromatic rings. The summed E-state index contributed by atoms with van der Waals surface area (Å²) in [6.07, 6.45) is 18.0. The zero-order valence-electron chi connectivity index (χ0n) is 10.9. The van der Waals surface area contributed by atoms with Crippen LogP contribution in [0.5, 0.6) is 0 Å². The van der Waals surface area contributed by atoms with E-state index in [9.17, 15) is 0 Å². The van der Waals surface area contributed by atoms with E-state index in [2.05, 4.69) is 24.3 Å². The molecule has 0 aromatic carbocycles. The molecule has 0 heterocycles. The summed E-state index contributed by atoms with van der Waals surface area (Å²) in [5.74, 6) is 2.76. The molecule has 3 atom stereocenters. The maximum Gasteiger partial charge on any atom is 0.168 e. The van der Waals surface area contributed by atoms with Gasteiger partial charge in [0.15, 0.2) is 4.98 Å². The summed E-state index contributed by atoms with van der Waals surface area (Å²) in [6.45, 7) is 0. The minimum Gasteiger partial charge on any atom is -0.368 e. The number of hydrogen-bond donors (Lipinski definition) is 0. The summed E-state index contributed by atoms with van der Waals surface area (Å²) in [5, 5.41) is 0. The van der Waals surface area contributed by atoms with E-state index in [1.807, 2.05) is 0 Å². The number of halogens is 2. The summed E-state index contributed by atoms with van der Waals surface area (Å²) < 4.78 is 0. The van der Waals surface area contributed by atoms with Crippen molar-refractivity contribution in [3.05, 3.63) is 24.3 Å². The SMILES string of the molecule is Cl[B-](Cl)(CC1CCC2C=CC=CC21)C1CCCC1. The van der Waals surface area contributed by atoms with Crippen molar-refractivity contribution in [2.45, 2.75) is 50.7 Å². The van der Waals surface area contributed by atoms with E-state index in [1.165, 1.54) is 38.5 Å². The van der Waals surface area contributed by atoms with Crippen molar-refractivity contribution in [2.75, 3.05) is 0 Å². The fourth-order valence-electron chi connectivity index (χ4n) is 4.38. The lowest BCUT2D eigenvalue weighted by Gasteiger charge is -2.38. The summed E-state index contributed by atoms with van der Waals surface area (Å²) in [7, 11) is 0. The molecule has 3 rings (SSSR count). The van der Waals surface area contributed by atoms with Crippen LogP contribution >= 0.6 is 22.9 Å². The summed E-state index contributed by atoms with van der Waals surface area (Å²) in [4.78, 5) is -1.18. The second-order valence-corrected chi connectivity index (χ2v) is 8.29. The third-order valence-electron chi connectivity index (χ3n) is 5.42. The van der Waals surface area contributed by atoms with Crippen molar-refractivity contribution in [3.8, 4) is 0 Å². The highest BCUT2D eigenvalue weighted by atomic mass is 35.5. The van der Waals surface area contributed by atoms with E-state index in [0.717, 1.165) is 12.2 Å². The highest BCUT2D eigenvalue weighted by molar-refractivity contribution is 7.46. The van der Waals surface area contributed by atoms with Gasteiger partial charge in [-0.1, -0.05) is 62.3 Å². The first-order valence-corrected chi connectivity index (χ1v) is 8.43. The van der Waals surface area contributed by atoms with Gasteiger partial charge in [0.05, 0.1) is 0 Å². The molecule has 3 unspecified atom stereocenters. The van der Waals surface area contributed by atoms with Crippen molar-refractivity contribution in [2.24, 2.45) is 17.8 Å². The van der Waals surface area contributed by atoms with Gasteiger partial charge in [-0.2, -0.15) is 0 Å². The molecular weight excluding hydrogens is 262 g/mol. The zero-order chi connectivity index (χ0) is 12.6. The standard InChI is InChI=1S/C15H22BCl2/c17-16(18,14-6-2-3-7-14)11-13-10-9-12-5-1-4-8-15(12)13/h1,4-5,8,12-15H,2-3,6-7,9-11H2/q-1. The first-order valence-electron chi connectivity index (χ1n) is 7.55. The lowest BCUT2D eigenvalue weighted by atomic mass is 9.53. The van der Waals surface area contributed by atoms with Gasteiger partial charge in [0.25, 0.3) is 0 Å². The molecule has 3 heteroatoms. The Balaban J connectivity index is 1.65. The smallest absolute Gasteiger partial charge is 0.168 e. The minimum atomic E-state index is -1.18. The quantitative estimate of drug-likeness (QED) is 0.590. The van der Waals surface area contributed by atoms with Crippen molar-refractivity contribution in [1.29, 1.82) is 0 Å². The highest BCUT2D eigenvalue weighted by Crippen LogP contribution is 2.51. The Kier molecular flexibility index (Phi) is 3.83. The molecule has 0 aliphatic heterocycles. The van der Waals surface area contributed by atoms with E-state index in [0.29, 0.717) is 17.7 Å². The topological polar surface area (TPSA) is 0 Å². The Hall–Kier alpha value is 0.125. The van der Waals surface area contributed by atoms with Gasteiger partial charge in [0, 0.05) is 0 Å². The lowest BCUT2D eigenvalue weighted by molar-refractivity contribution is 0.447. The van der Waals surface area contributed by atoms with E-state index >= 15 is 0 Å². The second kappa shape index (κ2) is 5.25. The van der Waals surface area contributed by atoms with Crippen molar-refractivity contribution >= 4 is 27.9 Å². The van der Waals surface area contributed by atoms with E-state index in [4.69, 9.17) is 22.9 Å². The molecule has 0 spiro atoms. The molecule has 0 bridgehead atoms. The monoisotopic (exact) mass is 283 g/mol. The van der Waals surface area contributed by atoms with Crippen LogP contribution in [0.4, 0.5) is 0 Å². The van der Waals surface area contributed by atoms with E-state index in [-0.39, 0.29) is 0 Å². The molecule has 2 fully saturated rings. The number of allylic oxidation sites excluding steroid dienone is 4. The van der Waals surface area contributed by atoms with Gasteiger partial charge in [-0.15, -0.1) is 12.1 Å². The van der Waals surface area contributed by atoms with E-state index < -0.39 is 4.98 Å². The molecule has 0 saturated heterocycles. The Morgan fingerprint density at radius 2 is 1.67 bits per heavy atom. The van der Waals surface area contributed by atoms with Gasteiger partial charge in [-0.05, 0) is 18.3 Å². The Labute approximate surface area is 121 Å². The van der Waals surface area contributed by atoms with Crippen LogP contribution < -0.4 is 0 Å². The summed E-state index contributed by atoms with van der Waals surface area (Å²) >= 11 is 13.5. The molecule has 3 aliphatic rings.